The molecule has 0 aliphatic carbocycles. The van der Waals surface area contributed by atoms with E-state index in [0.717, 1.165) is 5.56 Å². The number of phenols is 1. The minimum atomic E-state index is -0.562. The predicted octanol–water partition coefficient (Wildman–Crippen LogP) is 5.06. The van der Waals surface area contributed by atoms with Gasteiger partial charge in [-0.05, 0) is 48.0 Å². The number of rotatable bonds is 8. The zero-order valence-electron chi connectivity index (χ0n) is 17.3. The van der Waals surface area contributed by atoms with Gasteiger partial charge in [0.25, 0.3) is 5.91 Å². The Balaban J connectivity index is 1.65. The van der Waals surface area contributed by atoms with Crippen molar-refractivity contribution in [1.82, 2.24) is 5.43 Å². The number of phenolic OH excluding ortho intramolecular Hbond substituents is 1. The average Bonchev–Trinajstić information content (AvgIpc) is 2.78. The van der Waals surface area contributed by atoms with Gasteiger partial charge in [-0.2, -0.15) is 5.10 Å². The summed E-state index contributed by atoms with van der Waals surface area (Å²) in [6, 6.07) is 14.7. The lowest BCUT2D eigenvalue weighted by molar-refractivity contribution is 0.0952. The topological polar surface area (TPSA) is 89.4 Å². The van der Waals surface area contributed by atoms with E-state index < -0.39 is 5.91 Å². The summed E-state index contributed by atoms with van der Waals surface area (Å²) >= 11 is 12.1. The summed E-state index contributed by atoms with van der Waals surface area (Å²) in [5.41, 5.74) is 3.89. The number of hydrazone groups is 1. The number of benzene rings is 3. The summed E-state index contributed by atoms with van der Waals surface area (Å²) in [6.45, 7) is 0.237. The number of ether oxygens (including phenoxy) is 3. The molecular formula is C23H20Cl2N2O5. The smallest absolute Gasteiger partial charge is 0.275 e. The van der Waals surface area contributed by atoms with Crippen molar-refractivity contribution in [2.24, 2.45) is 5.10 Å². The molecule has 0 saturated heterocycles. The zero-order valence-corrected chi connectivity index (χ0v) is 18.8. The third-order valence-electron chi connectivity index (χ3n) is 4.42. The number of aromatic hydroxyl groups is 1. The van der Waals surface area contributed by atoms with Crippen LogP contribution < -0.4 is 19.6 Å². The van der Waals surface area contributed by atoms with Gasteiger partial charge < -0.3 is 19.3 Å². The molecule has 0 atom stereocenters. The van der Waals surface area contributed by atoms with Gasteiger partial charge in [-0.25, -0.2) is 5.43 Å². The number of methoxy groups -OCH3 is 2. The SMILES string of the molecule is COc1ccc(C(=O)N/N=C\c2ccc(OCc3ccc(Cl)cc3Cl)c(OC)c2)c(O)c1. The third-order valence-corrected chi connectivity index (χ3v) is 5.00. The van der Waals surface area contributed by atoms with Gasteiger partial charge in [-0.3, -0.25) is 4.79 Å². The number of nitrogens with one attached hydrogen (secondary N) is 1. The highest BCUT2D eigenvalue weighted by Gasteiger charge is 2.11. The number of amides is 1. The van der Waals surface area contributed by atoms with Gasteiger partial charge in [0.05, 0.1) is 26.0 Å². The Kier molecular flexibility index (Phi) is 7.81. The molecule has 2 N–H and O–H groups in total. The lowest BCUT2D eigenvalue weighted by Crippen LogP contribution is -2.17. The van der Waals surface area contributed by atoms with Crippen LogP contribution in [0, 0.1) is 0 Å². The maximum atomic E-state index is 12.2. The van der Waals surface area contributed by atoms with Crippen LogP contribution in [0.2, 0.25) is 10.0 Å². The summed E-state index contributed by atoms with van der Waals surface area (Å²) in [5, 5.41) is 14.9. The molecule has 0 unspecified atom stereocenters. The lowest BCUT2D eigenvalue weighted by Gasteiger charge is -2.12. The van der Waals surface area contributed by atoms with Crippen molar-refractivity contribution in [2.45, 2.75) is 6.61 Å². The third kappa shape index (κ3) is 5.84. The summed E-state index contributed by atoms with van der Waals surface area (Å²) in [6.07, 6.45) is 1.45. The molecule has 0 bridgehead atoms. The first-order chi connectivity index (χ1) is 15.4. The second kappa shape index (κ2) is 10.7. The van der Waals surface area contributed by atoms with Crippen molar-refractivity contribution in [3.63, 3.8) is 0 Å². The van der Waals surface area contributed by atoms with E-state index in [9.17, 15) is 9.90 Å². The molecule has 0 saturated carbocycles. The highest BCUT2D eigenvalue weighted by Crippen LogP contribution is 2.30. The van der Waals surface area contributed by atoms with Crippen LogP contribution in [-0.2, 0) is 6.61 Å². The Bertz CT molecular complexity index is 1150. The maximum Gasteiger partial charge on any atom is 0.275 e. The quantitative estimate of drug-likeness (QED) is 0.351. The van der Waals surface area contributed by atoms with Crippen molar-refractivity contribution in [3.8, 4) is 23.0 Å². The van der Waals surface area contributed by atoms with Crippen LogP contribution in [0.4, 0.5) is 0 Å². The van der Waals surface area contributed by atoms with Gasteiger partial charge in [-0.1, -0.05) is 29.3 Å². The molecular weight excluding hydrogens is 455 g/mol. The molecule has 0 fully saturated rings. The van der Waals surface area contributed by atoms with Gasteiger partial charge >= 0.3 is 0 Å². The lowest BCUT2D eigenvalue weighted by atomic mass is 10.2. The number of hydrogen-bond acceptors (Lipinski definition) is 6. The fourth-order valence-electron chi connectivity index (χ4n) is 2.73. The van der Waals surface area contributed by atoms with Crippen molar-refractivity contribution < 1.29 is 24.1 Å². The van der Waals surface area contributed by atoms with E-state index in [0.29, 0.717) is 32.9 Å². The Hall–Kier alpha value is -3.42. The normalized spacial score (nSPS) is 10.8. The molecule has 0 radical (unpaired) electrons. The molecule has 166 valence electrons. The van der Waals surface area contributed by atoms with Crippen molar-refractivity contribution in [1.29, 1.82) is 0 Å². The Morgan fingerprint density at radius 2 is 1.84 bits per heavy atom. The molecule has 0 aliphatic rings. The van der Waals surface area contributed by atoms with Crippen LogP contribution in [0.15, 0.2) is 59.7 Å². The van der Waals surface area contributed by atoms with Crippen LogP contribution in [0.1, 0.15) is 21.5 Å². The van der Waals surface area contributed by atoms with E-state index in [-0.39, 0.29) is 17.9 Å². The van der Waals surface area contributed by atoms with E-state index in [1.54, 1.807) is 42.5 Å². The molecule has 0 heterocycles. The van der Waals surface area contributed by atoms with Crippen LogP contribution in [-0.4, -0.2) is 31.4 Å². The van der Waals surface area contributed by atoms with Crippen molar-refractivity contribution in [2.75, 3.05) is 14.2 Å². The molecule has 3 aromatic carbocycles. The first-order valence-corrected chi connectivity index (χ1v) is 10.1. The van der Waals surface area contributed by atoms with Gasteiger partial charge in [-0.15, -0.1) is 0 Å². The molecule has 1 amide bonds. The van der Waals surface area contributed by atoms with Crippen LogP contribution >= 0.6 is 23.2 Å². The first-order valence-electron chi connectivity index (χ1n) is 9.36. The maximum absolute atomic E-state index is 12.2. The average molecular weight is 475 g/mol. The number of halogens is 2. The Labute approximate surface area is 195 Å². The Morgan fingerprint density at radius 3 is 2.53 bits per heavy atom. The second-order valence-corrected chi connectivity index (χ2v) is 7.36. The van der Waals surface area contributed by atoms with Crippen LogP contribution in [0.5, 0.6) is 23.0 Å². The summed E-state index contributed by atoms with van der Waals surface area (Å²) in [7, 11) is 2.99. The molecule has 3 rings (SSSR count). The van der Waals surface area contributed by atoms with Gasteiger partial charge in [0.2, 0.25) is 0 Å². The van der Waals surface area contributed by atoms with Gasteiger partial charge in [0.1, 0.15) is 18.1 Å². The van der Waals surface area contributed by atoms with Crippen LogP contribution in [0.3, 0.4) is 0 Å². The van der Waals surface area contributed by atoms with Gasteiger partial charge in [0, 0.05) is 21.7 Å². The number of carbonyl (C=O) groups is 1. The van der Waals surface area contributed by atoms with Crippen molar-refractivity contribution >= 4 is 35.3 Å². The number of carbonyl (C=O) groups excluding carboxylic acids is 1. The minimum absolute atomic E-state index is 0.0742. The van der Waals surface area contributed by atoms with E-state index in [1.807, 2.05) is 0 Å². The predicted molar refractivity (Wildman–Crippen MR) is 124 cm³/mol. The van der Waals surface area contributed by atoms with Crippen molar-refractivity contribution in [3.05, 3.63) is 81.3 Å². The summed E-state index contributed by atoms with van der Waals surface area (Å²) in [4.78, 5) is 12.2. The largest absolute Gasteiger partial charge is 0.507 e. The summed E-state index contributed by atoms with van der Waals surface area (Å²) < 4.78 is 16.2. The number of nitrogens with zero attached hydrogens (tertiary/aromatic N) is 1. The zero-order chi connectivity index (χ0) is 23.1. The number of hydrogen-bond donors (Lipinski definition) is 2. The van der Waals surface area contributed by atoms with E-state index in [4.69, 9.17) is 37.4 Å². The molecule has 0 aliphatic heterocycles. The second-order valence-electron chi connectivity index (χ2n) is 6.52. The molecule has 9 heteroatoms. The minimum Gasteiger partial charge on any atom is -0.507 e. The molecule has 0 spiro atoms. The van der Waals surface area contributed by atoms with E-state index in [1.165, 1.54) is 32.6 Å². The van der Waals surface area contributed by atoms with E-state index in [2.05, 4.69) is 10.5 Å². The molecule has 3 aromatic rings. The summed E-state index contributed by atoms with van der Waals surface area (Å²) in [5.74, 6) is 0.672. The highest BCUT2D eigenvalue weighted by atomic mass is 35.5. The van der Waals surface area contributed by atoms with Crippen LogP contribution in [0.25, 0.3) is 0 Å². The molecule has 32 heavy (non-hydrogen) atoms. The first kappa shape index (κ1) is 23.2. The monoisotopic (exact) mass is 474 g/mol. The fraction of sp³-hybridized carbons (Fsp3) is 0.130. The standard InChI is InChI=1S/C23H20Cl2N2O5/c1-30-17-6-7-18(20(28)11-17)23(29)27-26-12-14-3-8-21(22(9-14)31-2)32-13-15-4-5-16(24)10-19(15)25/h3-12,28H,13H2,1-2H3,(H,27,29)/b26-12-. The molecule has 7 nitrogen and oxygen atoms in total. The van der Waals surface area contributed by atoms with E-state index >= 15 is 0 Å². The molecule has 0 aromatic heterocycles. The van der Waals surface area contributed by atoms with Gasteiger partial charge in [0.15, 0.2) is 11.5 Å². The Morgan fingerprint density at radius 1 is 1.03 bits per heavy atom. The fourth-order valence-corrected chi connectivity index (χ4v) is 3.20. The highest BCUT2D eigenvalue weighted by molar-refractivity contribution is 6.35.